The van der Waals surface area contributed by atoms with Crippen LogP contribution in [0.2, 0.25) is 0 Å². The standard InChI is InChI=1S/C39H41N3O8/c1-48-24-29-34(26-12-4-2-5-13-26)49-38(47)32-30-18-19-39(50-30)33(32)36(45)42(21-10-22-43)35(39)37(46)41(20-9-3-6-15-31(44)40-29)28-17-16-25-11-7-8-14-27(25)23-28/h2-5,7-9,11-14,16-19,23,29-30,32-35,43H,6,10,15,20-22,24H2,1H3,(H,40,44)/b9-3-/t29-,30+,32-,33-,34-,35+,39-/m0/s1. The molecule has 260 valence electrons. The average molecular weight is 680 g/mol. The molecule has 11 nitrogen and oxygen atoms in total. The number of methoxy groups -OCH3 is 1. The van der Waals surface area contributed by atoms with E-state index in [1.54, 1.807) is 17.1 Å². The van der Waals surface area contributed by atoms with Crippen LogP contribution in [0.3, 0.4) is 0 Å². The Kier molecular flexibility index (Phi) is 9.54. The van der Waals surface area contributed by atoms with Gasteiger partial charge < -0.3 is 34.4 Å². The summed E-state index contributed by atoms with van der Waals surface area (Å²) in [5.74, 6) is -3.78. The molecule has 7 rings (SSSR count). The number of amides is 3. The molecular weight excluding hydrogens is 638 g/mol. The van der Waals surface area contributed by atoms with E-state index in [-0.39, 0.29) is 51.0 Å². The zero-order valence-electron chi connectivity index (χ0n) is 27.9. The number of likely N-dealkylation sites (tertiary alicyclic amines) is 1. The zero-order valence-corrected chi connectivity index (χ0v) is 27.9. The number of hydrogen-bond donors (Lipinski definition) is 2. The normalized spacial score (nSPS) is 30.4. The number of allylic oxidation sites excluding steroid dienone is 1. The predicted octanol–water partition coefficient (Wildman–Crippen LogP) is 3.47. The number of benzene rings is 3. The minimum atomic E-state index is -1.42. The molecule has 0 aliphatic carbocycles. The van der Waals surface area contributed by atoms with E-state index in [1.807, 2.05) is 84.9 Å². The van der Waals surface area contributed by atoms with Crippen LogP contribution in [0.4, 0.5) is 5.69 Å². The first kappa shape index (κ1) is 33.6. The largest absolute Gasteiger partial charge is 0.455 e. The number of rotatable bonds is 7. The van der Waals surface area contributed by atoms with Crippen LogP contribution in [0.15, 0.2) is 97.1 Å². The quantitative estimate of drug-likeness (QED) is 0.287. The van der Waals surface area contributed by atoms with Gasteiger partial charge in [-0.25, -0.2) is 0 Å². The lowest BCUT2D eigenvalue weighted by Gasteiger charge is -2.36. The van der Waals surface area contributed by atoms with E-state index in [4.69, 9.17) is 14.2 Å². The molecule has 3 aromatic rings. The molecule has 0 aromatic heterocycles. The molecular formula is C39H41N3O8. The average Bonchev–Trinajstić information content (AvgIpc) is 3.77. The van der Waals surface area contributed by atoms with Crippen molar-refractivity contribution in [2.75, 3.05) is 38.3 Å². The van der Waals surface area contributed by atoms with Gasteiger partial charge in [0.1, 0.15) is 23.7 Å². The van der Waals surface area contributed by atoms with Gasteiger partial charge in [-0.1, -0.05) is 85.0 Å². The van der Waals surface area contributed by atoms with E-state index in [1.165, 1.54) is 12.0 Å². The number of carbonyl (C=O) groups excluding carboxylic acids is 4. The number of ether oxygens (including phenoxy) is 3. The van der Waals surface area contributed by atoms with Crippen LogP contribution >= 0.6 is 0 Å². The van der Waals surface area contributed by atoms with E-state index < -0.39 is 53.6 Å². The molecule has 50 heavy (non-hydrogen) atoms. The highest BCUT2D eigenvalue weighted by Crippen LogP contribution is 2.56. The van der Waals surface area contributed by atoms with Gasteiger partial charge in [0.25, 0.3) is 5.91 Å². The van der Waals surface area contributed by atoms with Crippen molar-refractivity contribution in [1.82, 2.24) is 10.2 Å². The summed E-state index contributed by atoms with van der Waals surface area (Å²) in [7, 11) is 1.51. The summed E-state index contributed by atoms with van der Waals surface area (Å²) in [6, 6.07) is 20.9. The highest BCUT2D eigenvalue weighted by atomic mass is 16.6. The molecule has 2 fully saturated rings. The summed E-state index contributed by atoms with van der Waals surface area (Å²) >= 11 is 0. The van der Waals surface area contributed by atoms with Crippen molar-refractivity contribution in [1.29, 1.82) is 0 Å². The van der Waals surface area contributed by atoms with E-state index in [0.29, 0.717) is 17.7 Å². The highest BCUT2D eigenvalue weighted by molar-refractivity contribution is 6.06. The van der Waals surface area contributed by atoms with Gasteiger partial charge in [0.2, 0.25) is 11.8 Å². The molecule has 4 aliphatic heterocycles. The van der Waals surface area contributed by atoms with Crippen molar-refractivity contribution >= 4 is 40.2 Å². The number of nitrogens with zero attached hydrogens (tertiary/aromatic N) is 2. The van der Waals surface area contributed by atoms with Crippen LogP contribution < -0.4 is 10.2 Å². The fourth-order valence-corrected chi connectivity index (χ4v) is 7.92. The molecule has 0 saturated carbocycles. The minimum Gasteiger partial charge on any atom is -0.455 e. The first-order valence-electron chi connectivity index (χ1n) is 17.1. The van der Waals surface area contributed by atoms with E-state index in [9.17, 15) is 24.3 Å². The molecule has 1 spiro atoms. The molecule has 0 radical (unpaired) electrons. The first-order chi connectivity index (χ1) is 24.4. The Morgan fingerprint density at radius 1 is 0.960 bits per heavy atom. The van der Waals surface area contributed by atoms with Gasteiger partial charge in [0.15, 0.2) is 0 Å². The predicted molar refractivity (Wildman–Crippen MR) is 185 cm³/mol. The zero-order chi connectivity index (χ0) is 34.8. The molecule has 5 bridgehead atoms. The van der Waals surface area contributed by atoms with Gasteiger partial charge in [0, 0.05) is 38.9 Å². The molecule has 7 atom stereocenters. The summed E-state index contributed by atoms with van der Waals surface area (Å²) in [5, 5.41) is 14.7. The fraction of sp³-hybridized carbons (Fsp3) is 0.385. The monoisotopic (exact) mass is 679 g/mol. The van der Waals surface area contributed by atoms with Gasteiger partial charge in [-0.2, -0.15) is 0 Å². The van der Waals surface area contributed by atoms with Crippen molar-refractivity contribution in [2.24, 2.45) is 11.8 Å². The van der Waals surface area contributed by atoms with Crippen LogP contribution in [-0.2, 0) is 33.4 Å². The molecule has 4 aliphatic rings. The molecule has 2 N–H and O–H groups in total. The van der Waals surface area contributed by atoms with Crippen LogP contribution in [-0.4, -0.2) is 90.9 Å². The van der Waals surface area contributed by atoms with Crippen molar-refractivity contribution in [2.45, 2.75) is 49.2 Å². The minimum absolute atomic E-state index is 0.0669. The Labute approximate surface area is 290 Å². The Morgan fingerprint density at radius 2 is 1.74 bits per heavy atom. The molecule has 3 aromatic carbocycles. The highest BCUT2D eigenvalue weighted by Gasteiger charge is 2.73. The van der Waals surface area contributed by atoms with Crippen LogP contribution in [0, 0.1) is 11.8 Å². The SMILES string of the molecule is COC[C@@H]1NC(=O)CC/C=C\CN(c2ccc3ccccc3c2)C(=O)[C@H]2N(CCCO)C(=O)[C@@H]3[C@@H](C(=O)O[C@H]1c1ccccc1)[C@H]1C=C[C@]32O1. The number of aliphatic hydroxyl groups is 1. The summed E-state index contributed by atoms with van der Waals surface area (Å²) in [5.41, 5.74) is -0.145. The number of anilines is 1. The summed E-state index contributed by atoms with van der Waals surface area (Å²) < 4.78 is 18.3. The smallest absolute Gasteiger partial charge is 0.313 e. The summed E-state index contributed by atoms with van der Waals surface area (Å²) in [4.78, 5) is 60.1. The second-order valence-corrected chi connectivity index (χ2v) is 13.2. The Bertz CT molecular complexity index is 1830. The third-order valence-electron chi connectivity index (χ3n) is 10.2. The Balaban J connectivity index is 1.33. The van der Waals surface area contributed by atoms with Gasteiger partial charge in [-0.15, -0.1) is 0 Å². The number of aliphatic hydroxyl groups excluding tert-OH is 1. The van der Waals surface area contributed by atoms with E-state index in [2.05, 4.69) is 5.32 Å². The summed E-state index contributed by atoms with van der Waals surface area (Å²) in [6.45, 7) is 0.149. The van der Waals surface area contributed by atoms with Crippen LogP contribution in [0.1, 0.15) is 30.9 Å². The number of cyclic esters (lactones) is 1. The van der Waals surface area contributed by atoms with E-state index >= 15 is 0 Å². The maximum absolute atomic E-state index is 15.0. The second-order valence-electron chi connectivity index (χ2n) is 13.2. The van der Waals surface area contributed by atoms with Gasteiger partial charge >= 0.3 is 5.97 Å². The van der Waals surface area contributed by atoms with Gasteiger partial charge in [0.05, 0.1) is 24.7 Å². The lowest BCUT2D eigenvalue weighted by molar-refractivity contribution is -0.162. The lowest BCUT2D eigenvalue weighted by atomic mass is 9.74. The van der Waals surface area contributed by atoms with Crippen LogP contribution in [0.25, 0.3) is 10.8 Å². The van der Waals surface area contributed by atoms with Crippen LogP contribution in [0.5, 0.6) is 0 Å². The molecule has 11 heteroatoms. The number of nitrogens with one attached hydrogen (secondary N) is 1. The topological polar surface area (TPSA) is 135 Å². The number of hydrogen-bond acceptors (Lipinski definition) is 8. The molecule has 2 saturated heterocycles. The third kappa shape index (κ3) is 5.99. The maximum atomic E-state index is 15.0. The van der Waals surface area contributed by atoms with Crippen molar-refractivity contribution in [3.05, 3.63) is 103 Å². The maximum Gasteiger partial charge on any atom is 0.313 e. The first-order valence-corrected chi connectivity index (χ1v) is 17.1. The van der Waals surface area contributed by atoms with Gasteiger partial charge in [-0.3, -0.25) is 19.2 Å². The third-order valence-corrected chi connectivity index (χ3v) is 10.2. The molecule has 0 unspecified atom stereocenters. The number of esters is 1. The Hall–Kier alpha value is -4.84. The van der Waals surface area contributed by atoms with E-state index in [0.717, 1.165) is 10.8 Å². The molecule has 3 amide bonds. The van der Waals surface area contributed by atoms with Gasteiger partial charge in [-0.05, 0) is 41.3 Å². The summed E-state index contributed by atoms with van der Waals surface area (Å²) in [6.07, 6.45) is 6.28. The Morgan fingerprint density at radius 3 is 2.52 bits per heavy atom. The fourth-order valence-electron chi connectivity index (χ4n) is 7.92. The lowest BCUT2D eigenvalue weighted by Crippen LogP contribution is -2.56. The van der Waals surface area contributed by atoms with Crippen molar-refractivity contribution in [3.63, 3.8) is 0 Å². The second kappa shape index (κ2) is 14.2. The number of carbonyl (C=O) groups is 4. The molecule has 4 heterocycles. The number of fused-ring (bicyclic) bond motifs is 3. The van der Waals surface area contributed by atoms with Crippen molar-refractivity contribution in [3.8, 4) is 0 Å². The van der Waals surface area contributed by atoms with Crippen molar-refractivity contribution < 1.29 is 38.5 Å².